The second kappa shape index (κ2) is 10.8. The van der Waals surface area contributed by atoms with E-state index in [1.54, 1.807) is 18.3 Å². The smallest absolute Gasteiger partial charge is 0.191 e. The molecule has 0 saturated carbocycles. The number of fused-ring (bicyclic) bond motifs is 4. The lowest BCUT2D eigenvalue weighted by molar-refractivity contribution is 0.612. The maximum Gasteiger partial charge on any atom is 0.191 e. The molecule has 8 aromatic rings. The number of hydrogen-bond donors (Lipinski definition) is 0. The first-order valence-electron chi connectivity index (χ1n) is 16.7. The quantitative estimate of drug-likeness (QED) is 0.181. The molecule has 0 fully saturated rings. The molecule has 0 saturated heterocycles. The van der Waals surface area contributed by atoms with Crippen LogP contribution >= 0.6 is 0 Å². The molecule has 5 aromatic carbocycles. The van der Waals surface area contributed by atoms with Crippen molar-refractivity contribution in [2.75, 3.05) is 4.90 Å². The van der Waals surface area contributed by atoms with Crippen molar-refractivity contribution in [2.45, 2.75) is 26.7 Å². The number of aromatic nitrogens is 4. The van der Waals surface area contributed by atoms with Crippen LogP contribution in [0.4, 0.5) is 17.1 Å². The van der Waals surface area contributed by atoms with Gasteiger partial charge in [-0.05, 0) is 93.0 Å². The van der Waals surface area contributed by atoms with Crippen LogP contribution in [-0.4, -0.2) is 18.7 Å². The van der Waals surface area contributed by atoms with E-state index >= 15 is 0 Å². The maximum absolute atomic E-state index is 8.03. The fourth-order valence-electron chi connectivity index (χ4n) is 6.44. The molecule has 0 atom stereocenters. The number of benzene rings is 5. The van der Waals surface area contributed by atoms with Gasteiger partial charge in [0.25, 0.3) is 0 Å². The lowest BCUT2D eigenvalue weighted by Gasteiger charge is -2.25. The minimum Gasteiger partial charge on any atom is -0.309 e. The molecular formula is C40H34N5+. The first-order valence-corrected chi connectivity index (χ1v) is 15.2. The SMILES string of the molecule is [2H]C([2H])([2H])c1ccnc(-n2c3ccccc3c3ccc(N(c4ccccc4)c4cccc(-n5[cH+]n(C(C)C)c6ccccc65)c4)cc32)c1. The molecule has 5 heteroatoms. The molecular weight excluding hydrogens is 550 g/mol. The van der Waals surface area contributed by atoms with Gasteiger partial charge >= 0.3 is 0 Å². The van der Waals surface area contributed by atoms with Gasteiger partial charge in [-0.2, -0.15) is 4.57 Å². The highest BCUT2D eigenvalue weighted by molar-refractivity contribution is 6.10. The number of rotatable bonds is 6. The van der Waals surface area contributed by atoms with Crippen molar-refractivity contribution in [1.82, 2.24) is 18.7 Å². The van der Waals surface area contributed by atoms with E-state index in [1.807, 2.05) is 18.2 Å². The third kappa shape index (κ3) is 4.56. The fraction of sp³-hybridized carbons (Fsp3) is 0.100. The van der Waals surface area contributed by atoms with E-state index in [-0.39, 0.29) is 5.56 Å². The van der Waals surface area contributed by atoms with E-state index in [0.717, 1.165) is 50.1 Å². The molecule has 3 aromatic heterocycles. The Morgan fingerprint density at radius 1 is 0.644 bits per heavy atom. The number of imidazole rings is 1. The summed E-state index contributed by atoms with van der Waals surface area (Å²) in [6.07, 6.45) is 3.77. The molecule has 3 heterocycles. The molecule has 5 nitrogen and oxygen atoms in total. The Bertz CT molecular complexity index is 2440. The van der Waals surface area contributed by atoms with Gasteiger partial charge in [-0.1, -0.05) is 42.5 Å². The zero-order valence-electron chi connectivity index (χ0n) is 28.2. The van der Waals surface area contributed by atoms with E-state index in [2.05, 4.69) is 147 Å². The van der Waals surface area contributed by atoms with Gasteiger partial charge in [-0.15, -0.1) is 0 Å². The van der Waals surface area contributed by atoms with Crippen LogP contribution in [0.5, 0.6) is 0 Å². The Labute approximate surface area is 267 Å². The summed E-state index contributed by atoms with van der Waals surface area (Å²) in [5.41, 5.74) is 8.56. The van der Waals surface area contributed by atoms with E-state index < -0.39 is 6.85 Å². The lowest BCUT2D eigenvalue weighted by Crippen LogP contribution is -2.10. The van der Waals surface area contributed by atoms with Gasteiger partial charge in [0, 0.05) is 56.7 Å². The van der Waals surface area contributed by atoms with Crippen LogP contribution in [0.25, 0.3) is 44.3 Å². The topological polar surface area (TPSA) is 30.9 Å². The highest BCUT2D eigenvalue weighted by Gasteiger charge is 2.21. The van der Waals surface area contributed by atoms with Gasteiger partial charge in [-0.3, -0.25) is 4.57 Å². The number of hydrogen-bond acceptors (Lipinski definition) is 2. The third-order valence-corrected chi connectivity index (χ3v) is 8.49. The fourth-order valence-corrected chi connectivity index (χ4v) is 6.44. The number of nitrogens with zero attached hydrogens (tertiary/aromatic N) is 5. The van der Waals surface area contributed by atoms with Crippen LogP contribution in [0, 0.1) is 6.85 Å². The van der Waals surface area contributed by atoms with Gasteiger partial charge in [0.15, 0.2) is 17.4 Å². The van der Waals surface area contributed by atoms with Crippen molar-refractivity contribution < 1.29 is 4.11 Å². The van der Waals surface area contributed by atoms with E-state index in [4.69, 9.17) is 4.11 Å². The van der Waals surface area contributed by atoms with Crippen molar-refractivity contribution in [3.05, 3.63) is 152 Å². The standard InChI is InChI=1S/C40H34N5/c1-28(2)42-27-43(38-19-10-9-18-37(38)42)31-14-11-15-32(25-31)44(30-12-5-4-6-13-30)33-20-21-35-34-16-7-8-17-36(34)45(39(35)26-33)40-24-29(3)22-23-41-40/h4-28H,1-3H3/q+1/i3D3. The Morgan fingerprint density at radius 3 is 2.18 bits per heavy atom. The summed E-state index contributed by atoms with van der Waals surface area (Å²) in [5.74, 6) is 0.568. The Balaban J connectivity index is 1.34. The van der Waals surface area contributed by atoms with E-state index in [9.17, 15) is 0 Å². The molecule has 218 valence electrons. The molecule has 0 spiro atoms. The minimum atomic E-state index is -2.24. The normalized spacial score (nSPS) is 12.9. The predicted molar refractivity (Wildman–Crippen MR) is 188 cm³/mol. The minimum absolute atomic E-state index is 0.258. The maximum atomic E-state index is 8.03. The zero-order chi connectivity index (χ0) is 33.0. The van der Waals surface area contributed by atoms with Gasteiger partial charge in [-0.25, -0.2) is 9.55 Å². The summed E-state index contributed by atoms with van der Waals surface area (Å²) in [4.78, 5) is 6.93. The zero-order valence-corrected chi connectivity index (χ0v) is 25.2. The van der Waals surface area contributed by atoms with Crippen molar-refractivity contribution in [3.8, 4) is 11.5 Å². The largest absolute Gasteiger partial charge is 0.309 e. The molecule has 0 radical (unpaired) electrons. The molecule has 0 bridgehead atoms. The van der Waals surface area contributed by atoms with Crippen molar-refractivity contribution >= 4 is 49.9 Å². The number of aryl methyl sites for hydroxylation is 1. The number of anilines is 3. The van der Waals surface area contributed by atoms with Gasteiger partial charge < -0.3 is 4.90 Å². The molecule has 45 heavy (non-hydrogen) atoms. The molecule has 0 aliphatic heterocycles. The summed E-state index contributed by atoms with van der Waals surface area (Å²) >= 11 is 0. The first-order chi connectivity index (χ1) is 23.3. The monoisotopic (exact) mass is 587 g/mol. The molecule has 0 unspecified atom stereocenters. The summed E-state index contributed by atoms with van der Waals surface area (Å²) < 4.78 is 30.7. The van der Waals surface area contributed by atoms with Crippen LogP contribution in [0.15, 0.2) is 146 Å². The summed E-state index contributed by atoms with van der Waals surface area (Å²) in [5, 5.41) is 2.14. The van der Waals surface area contributed by atoms with Crippen molar-refractivity contribution in [2.24, 2.45) is 0 Å². The summed E-state index contributed by atoms with van der Waals surface area (Å²) in [7, 11) is 0. The average molecular weight is 588 g/mol. The Hall–Kier alpha value is -5.68. The Kier molecular flexibility index (Phi) is 5.69. The molecule has 0 N–H and O–H groups in total. The van der Waals surface area contributed by atoms with Crippen LogP contribution in [0.2, 0.25) is 0 Å². The summed E-state index contributed by atoms with van der Waals surface area (Å²) in [6.45, 7) is 2.17. The van der Waals surface area contributed by atoms with Crippen molar-refractivity contribution in [1.29, 1.82) is 0 Å². The van der Waals surface area contributed by atoms with Crippen LogP contribution in [0.1, 0.15) is 29.6 Å². The third-order valence-electron chi connectivity index (χ3n) is 8.49. The average Bonchev–Trinajstić information content (AvgIpc) is 3.65. The van der Waals surface area contributed by atoms with Gasteiger partial charge in [0.2, 0.25) is 0 Å². The summed E-state index contributed by atoms with van der Waals surface area (Å²) in [6, 6.07) is 45.7. The van der Waals surface area contributed by atoms with Crippen LogP contribution < -0.4 is 4.90 Å². The second-order valence-corrected chi connectivity index (χ2v) is 11.6. The van der Waals surface area contributed by atoms with Crippen LogP contribution in [-0.2, 0) is 0 Å². The Morgan fingerprint density at radius 2 is 1.36 bits per heavy atom. The molecule has 8 rings (SSSR count). The lowest BCUT2D eigenvalue weighted by atomic mass is 10.1. The first kappa shape index (κ1) is 23.7. The van der Waals surface area contributed by atoms with E-state index in [0.29, 0.717) is 11.9 Å². The number of pyridine rings is 1. The van der Waals surface area contributed by atoms with Gasteiger partial charge in [0.05, 0.1) is 22.8 Å². The van der Waals surface area contributed by atoms with Gasteiger partial charge in [0.1, 0.15) is 11.5 Å². The highest BCUT2D eigenvalue weighted by Crippen LogP contribution is 2.40. The molecule has 0 aliphatic carbocycles. The highest BCUT2D eigenvalue weighted by atomic mass is 15.2. The van der Waals surface area contributed by atoms with Crippen LogP contribution in [0.3, 0.4) is 0 Å². The second-order valence-electron chi connectivity index (χ2n) is 11.6. The molecule has 0 aliphatic rings. The van der Waals surface area contributed by atoms with Crippen molar-refractivity contribution in [3.63, 3.8) is 0 Å². The predicted octanol–water partition coefficient (Wildman–Crippen LogP) is 10.6. The molecule has 0 amide bonds. The van der Waals surface area contributed by atoms with E-state index in [1.165, 1.54) is 5.52 Å². The number of para-hydroxylation sites is 4.